The van der Waals surface area contributed by atoms with E-state index in [9.17, 15) is 4.79 Å². The maximum absolute atomic E-state index is 10.5. The largest absolute Gasteiger partial charge is 0.707 e. The molecular formula is C5H9BO5. The lowest BCUT2D eigenvalue weighted by atomic mass is 10.3. The van der Waals surface area contributed by atoms with Crippen molar-refractivity contribution in [3.05, 3.63) is 12.3 Å². The van der Waals surface area contributed by atoms with Gasteiger partial charge in [-0.15, -0.1) is 0 Å². The quantitative estimate of drug-likeness (QED) is 0.240. The Labute approximate surface area is 64.4 Å². The first kappa shape index (κ1) is 9.99. The highest BCUT2D eigenvalue weighted by atomic mass is 16.6. The van der Waals surface area contributed by atoms with Gasteiger partial charge >= 0.3 is 13.3 Å². The molecule has 0 aliphatic rings. The van der Waals surface area contributed by atoms with Gasteiger partial charge in [-0.05, 0) is 6.92 Å². The Bertz CT molecular complexity index is 144. The molecule has 0 amide bonds. The Morgan fingerprint density at radius 2 is 2.27 bits per heavy atom. The molecule has 0 saturated heterocycles. The number of carbonyl (C=O) groups excluding carboxylic acids is 1. The predicted octanol–water partition coefficient (Wildman–Crippen LogP) is -0.951. The minimum atomic E-state index is -1.90. The van der Waals surface area contributed by atoms with Crippen molar-refractivity contribution in [1.82, 2.24) is 0 Å². The van der Waals surface area contributed by atoms with Gasteiger partial charge in [-0.25, -0.2) is 4.79 Å². The van der Waals surface area contributed by atoms with Gasteiger partial charge in [0.15, 0.2) is 0 Å². The summed E-state index contributed by atoms with van der Waals surface area (Å²) in [5.41, 5.74) is 0. The fourth-order valence-electron chi connectivity index (χ4n) is 0.355. The number of ether oxygens (including phenoxy) is 1. The highest BCUT2D eigenvalue weighted by Crippen LogP contribution is 1.83. The third-order valence-electron chi connectivity index (χ3n) is 0.691. The van der Waals surface area contributed by atoms with Crippen LogP contribution in [-0.2, 0) is 14.2 Å². The van der Waals surface area contributed by atoms with Crippen LogP contribution in [0.5, 0.6) is 0 Å². The SMILES string of the molecule is CCOC(=O)C=COB(O)O. The van der Waals surface area contributed by atoms with Crippen LogP contribution >= 0.6 is 0 Å². The summed E-state index contributed by atoms with van der Waals surface area (Å²) in [6.45, 7) is 1.93. The fourth-order valence-corrected chi connectivity index (χ4v) is 0.355. The summed E-state index contributed by atoms with van der Waals surface area (Å²) >= 11 is 0. The molecule has 0 aromatic heterocycles. The molecule has 0 fully saturated rings. The Kier molecular flexibility index (Phi) is 5.23. The minimum absolute atomic E-state index is 0.269. The summed E-state index contributed by atoms with van der Waals surface area (Å²) in [6.07, 6.45) is 1.80. The molecule has 0 rings (SSSR count). The van der Waals surface area contributed by atoms with Gasteiger partial charge in [0.05, 0.1) is 18.9 Å². The molecule has 0 aromatic carbocycles. The predicted molar refractivity (Wildman–Crippen MR) is 37.0 cm³/mol. The number of rotatable bonds is 4. The summed E-state index contributed by atoms with van der Waals surface area (Å²) < 4.78 is 8.54. The van der Waals surface area contributed by atoms with Gasteiger partial charge in [-0.1, -0.05) is 0 Å². The first-order valence-corrected chi connectivity index (χ1v) is 3.01. The summed E-state index contributed by atoms with van der Waals surface area (Å²) in [5, 5.41) is 16.3. The summed E-state index contributed by atoms with van der Waals surface area (Å²) in [5.74, 6) is -0.590. The van der Waals surface area contributed by atoms with Crippen LogP contribution in [0.15, 0.2) is 12.3 Å². The molecule has 0 aromatic rings. The van der Waals surface area contributed by atoms with Gasteiger partial charge in [0.2, 0.25) is 0 Å². The normalized spacial score (nSPS) is 9.73. The third-order valence-corrected chi connectivity index (χ3v) is 0.691. The first-order valence-electron chi connectivity index (χ1n) is 3.01. The molecule has 0 aliphatic heterocycles. The highest BCUT2D eigenvalue weighted by molar-refractivity contribution is 6.32. The number of esters is 1. The Morgan fingerprint density at radius 3 is 2.73 bits per heavy atom. The Hall–Kier alpha value is -1.01. The molecule has 62 valence electrons. The summed E-state index contributed by atoms with van der Waals surface area (Å²) in [6, 6.07) is 0. The second-order valence-electron chi connectivity index (χ2n) is 1.52. The molecule has 0 radical (unpaired) electrons. The van der Waals surface area contributed by atoms with Crippen molar-refractivity contribution < 1.29 is 24.2 Å². The second-order valence-corrected chi connectivity index (χ2v) is 1.52. The van der Waals surface area contributed by atoms with E-state index >= 15 is 0 Å². The summed E-state index contributed by atoms with van der Waals surface area (Å²) in [4.78, 5) is 10.5. The van der Waals surface area contributed by atoms with Crippen molar-refractivity contribution >= 4 is 13.3 Å². The molecule has 0 unspecified atom stereocenters. The van der Waals surface area contributed by atoms with E-state index in [-0.39, 0.29) is 6.61 Å². The Balaban J connectivity index is 3.48. The van der Waals surface area contributed by atoms with Crippen molar-refractivity contribution in [3.8, 4) is 0 Å². The van der Waals surface area contributed by atoms with E-state index in [2.05, 4.69) is 9.39 Å². The van der Waals surface area contributed by atoms with Gasteiger partial charge < -0.3 is 19.4 Å². The Morgan fingerprint density at radius 1 is 1.64 bits per heavy atom. The second kappa shape index (κ2) is 5.76. The van der Waals surface area contributed by atoms with Crippen molar-refractivity contribution in [2.24, 2.45) is 0 Å². The van der Waals surface area contributed by atoms with E-state index in [0.717, 1.165) is 12.3 Å². The van der Waals surface area contributed by atoms with Crippen LogP contribution < -0.4 is 0 Å². The molecule has 2 N–H and O–H groups in total. The molecule has 0 atom stereocenters. The van der Waals surface area contributed by atoms with Gasteiger partial charge in [0, 0.05) is 0 Å². The van der Waals surface area contributed by atoms with Crippen molar-refractivity contribution in [3.63, 3.8) is 0 Å². The number of hydrogen-bond acceptors (Lipinski definition) is 5. The third kappa shape index (κ3) is 6.89. The van der Waals surface area contributed by atoms with Crippen molar-refractivity contribution in [2.75, 3.05) is 6.61 Å². The van der Waals surface area contributed by atoms with Gasteiger partial charge in [-0.2, -0.15) is 0 Å². The maximum atomic E-state index is 10.5. The van der Waals surface area contributed by atoms with Crippen LogP contribution in [-0.4, -0.2) is 29.9 Å². The van der Waals surface area contributed by atoms with E-state index in [4.69, 9.17) is 10.0 Å². The van der Waals surface area contributed by atoms with Crippen LogP contribution in [0.25, 0.3) is 0 Å². The first-order chi connectivity index (χ1) is 5.16. The maximum Gasteiger partial charge on any atom is 0.707 e. The molecule has 0 spiro atoms. The summed E-state index contributed by atoms with van der Waals surface area (Å²) in [7, 11) is -1.90. The smallest absolute Gasteiger partial charge is 0.518 e. The molecule has 6 heteroatoms. The van der Waals surface area contributed by atoms with Crippen LogP contribution in [0.3, 0.4) is 0 Å². The zero-order valence-electron chi connectivity index (χ0n) is 6.06. The van der Waals surface area contributed by atoms with E-state index in [0.29, 0.717) is 0 Å². The van der Waals surface area contributed by atoms with E-state index in [1.807, 2.05) is 0 Å². The van der Waals surface area contributed by atoms with E-state index < -0.39 is 13.3 Å². The lowest BCUT2D eigenvalue weighted by molar-refractivity contribution is -0.137. The average Bonchev–Trinajstić information content (AvgIpc) is 1.87. The van der Waals surface area contributed by atoms with Gasteiger partial charge in [0.25, 0.3) is 0 Å². The highest BCUT2D eigenvalue weighted by Gasteiger charge is 2.06. The molecule has 0 bridgehead atoms. The van der Waals surface area contributed by atoms with Gasteiger partial charge in [0.1, 0.15) is 0 Å². The number of hydrogen-bond donors (Lipinski definition) is 2. The number of carbonyl (C=O) groups is 1. The van der Waals surface area contributed by atoms with E-state index in [1.165, 1.54) is 0 Å². The lowest BCUT2D eigenvalue weighted by Crippen LogP contribution is -2.13. The average molecular weight is 160 g/mol. The van der Waals surface area contributed by atoms with Crippen LogP contribution in [0.2, 0.25) is 0 Å². The van der Waals surface area contributed by atoms with Crippen LogP contribution in [0, 0.1) is 0 Å². The van der Waals surface area contributed by atoms with Crippen LogP contribution in [0.4, 0.5) is 0 Å². The molecule has 0 saturated carbocycles. The molecule has 0 heterocycles. The van der Waals surface area contributed by atoms with E-state index in [1.54, 1.807) is 6.92 Å². The van der Waals surface area contributed by atoms with Crippen molar-refractivity contribution in [1.29, 1.82) is 0 Å². The molecule has 5 nitrogen and oxygen atoms in total. The molecule has 0 aliphatic carbocycles. The lowest BCUT2D eigenvalue weighted by Gasteiger charge is -1.96. The fraction of sp³-hybridized carbons (Fsp3) is 0.400. The zero-order chi connectivity index (χ0) is 8.69. The standard InChI is InChI=1S/C5H9BO5/c1-2-10-5(7)3-4-11-6(8)9/h3-4,8-9H,2H2,1H3. The minimum Gasteiger partial charge on any atom is -0.518 e. The van der Waals surface area contributed by atoms with Crippen molar-refractivity contribution in [2.45, 2.75) is 6.92 Å². The van der Waals surface area contributed by atoms with Crippen LogP contribution in [0.1, 0.15) is 6.92 Å². The van der Waals surface area contributed by atoms with Gasteiger partial charge in [-0.3, -0.25) is 0 Å². The topological polar surface area (TPSA) is 76.0 Å². The monoisotopic (exact) mass is 160 g/mol. The molecule has 11 heavy (non-hydrogen) atoms. The zero-order valence-corrected chi connectivity index (χ0v) is 6.06. The molecular weight excluding hydrogens is 151 g/mol.